The average Bonchev–Trinajstić information content (AvgIpc) is 3.89. The number of hydrogen-bond acceptors (Lipinski definition) is 6. The molecule has 1 saturated heterocycles. The molecule has 14 heteroatoms. The number of anilines is 1. The molecule has 2 aliphatic carbocycles. The minimum atomic E-state index is -4.18. The molecule has 1 amide bonds. The Bertz CT molecular complexity index is 1800. The van der Waals surface area contributed by atoms with Crippen LogP contribution in [0.3, 0.4) is 0 Å². The Kier molecular flexibility index (Phi) is 8.92. The second kappa shape index (κ2) is 12.5. The number of nitrogens with two attached hydrogens (primary N) is 1. The average molecular weight is 697 g/mol. The van der Waals surface area contributed by atoms with Gasteiger partial charge in [-0.1, -0.05) is 59.6 Å². The highest BCUT2D eigenvalue weighted by Crippen LogP contribution is 2.48. The lowest BCUT2D eigenvalue weighted by Crippen LogP contribution is -2.60. The molecular formula is C31H32Cl2FN3O6S2. The molecule has 4 atom stereocenters. The van der Waals surface area contributed by atoms with Gasteiger partial charge >= 0.3 is 0 Å². The molecule has 240 valence electrons. The molecule has 3 aliphatic rings. The van der Waals surface area contributed by atoms with Crippen molar-refractivity contribution in [2.45, 2.75) is 55.2 Å². The predicted molar refractivity (Wildman–Crippen MR) is 170 cm³/mol. The number of carbonyl (C=O) groups is 1. The molecule has 1 unspecified atom stereocenters. The monoisotopic (exact) mass is 695 g/mol. The van der Waals surface area contributed by atoms with Crippen molar-refractivity contribution in [1.82, 2.24) is 4.90 Å². The van der Waals surface area contributed by atoms with Crippen LogP contribution in [0.5, 0.6) is 0 Å². The van der Waals surface area contributed by atoms with Crippen molar-refractivity contribution < 1.29 is 30.8 Å². The molecule has 3 aromatic rings. The van der Waals surface area contributed by atoms with E-state index in [4.69, 9.17) is 33.1 Å². The van der Waals surface area contributed by atoms with E-state index in [-0.39, 0.29) is 18.2 Å². The molecule has 0 spiro atoms. The number of morpholine rings is 1. The highest BCUT2D eigenvalue weighted by Gasteiger charge is 2.52. The Hall–Kier alpha value is -2.74. The standard InChI is InChI=1S/C31H32Cl2FN3O6S2/c32-22-12-10-20(11-13-22)29-30(21-4-3-5-23(33)16-21)43-28(18-44(35,39)40)31(38)37(29)27(19-8-9-19)17-36(45(41,42)24-14-15-24)26-7-2-1-6-25(26)34/h1-7,10-13,16,19,24,27-30H,8-9,14-15,17-18H2,(H2,35,39,40)/t27?,28-,29-,30+/m1/s1. The minimum Gasteiger partial charge on any atom is -0.357 e. The topological polar surface area (TPSA) is 127 Å². The van der Waals surface area contributed by atoms with Crippen molar-refractivity contribution in [3.05, 3.63) is 99.8 Å². The van der Waals surface area contributed by atoms with Crippen LogP contribution in [0.1, 0.15) is 49.0 Å². The molecule has 3 fully saturated rings. The van der Waals surface area contributed by atoms with E-state index in [0.717, 1.165) is 4.31 Å². The van der Waals surface area contributed by atoms with Crippen LogP contribution < -0.4 is 9.44 Å². The molecule has 0 aromatic heterocycles. The molecule has 2 saturated carbocycles. The van der Waals surface area contributed by atoms with Gasteiger partial charge in [0, 0.05) is 10.0 Å². The smallest absolute Gasteiger partial charge is 0.253 e. The van der Waals surface area contributed by atoms with Gasteiger partial charge in [-0.25, -0.2) is 26.4 Å². The van der Waals surface area contributed by atoms with Crippen LogP contribution in [0.25, 0.3) is 0 Å². The van der Waals surface area contributed by atoms with Crippen molar-refractivity contribution in [2.24, 2.45) is 11.1 Å². The molecule has 9 nitrogen and oxygen atoms in total. The summed E-state index contributed by atoms with van der Waals surface area (Å²) in [6, 6.07) is 17.7. The lowest BCUT2D eigenvalue weighted by molar-refractivity contribution is -0.176. The van der Waals surface area contributed by atoms with Gasteiger partial charge < -0.3 is 9.64 Å². The third-order valence-corrected chi connectivity index (χ3v) is 12.0. The van der Waals surface area contributed by atoms with Gasteiger partial charge in [-0.3, -0.25) is 9.10 Å². The Morgan fingerprint density at radius 2 is 1.60 bits per heavy atom. The molecule has 3 aromatic carbocycles. The van der Waals surface area contributed by atoms with Crippen LogP contribution in [-0.4, -0.2) is 57.3 Å². The zero-order valence-corrected chi connectivity index (χ0v) is 27.2. The number of carbonyl (C=O) groups excluding carboxylic acids is 1. The van der Waals surface area contributed by atoms with Crippen LogP contribution in [0, 0.1) is 11.7 Å². The molecule has 0 bridgehead atoms. The fourth-order valence-electron chi connectivity index (χ4n) is 6.04. The van der Waals surface area contributed by atoms with E-state index in [9.17, 15) is 21.6 Å². The van der Waals surface area contributed by atoms with E-state index in [1.165, 1.54) is 18.2 Å². The number of sulfonamides is 2. The van der Waals surface area contributed by atoms with Gasteiger partial charge in [-0.15, -0.1) is 0 Å². The van der Waals surface area contributed by atoms with Crippen LogP contribution in [-0.2, 0) is 29.6 Å². The first kappa shape index (κ1) is 32.2. The fraction of sp³-hybridized carbons (Fsp3) is 0.387. The minimum absolute atomic E-state index is 0.105. The number of halogens is 3. The first-order valence-electron chi connectivity index (χ1n) is 14.6. The van der Waals surface area contributed by atoms with Gasteiger partial charge in [0.05, 0.1) is 35.3 Å². The summed E-state index contributed by atoms with van der Waals surface area (Å²) < 4.78 is 75.0. The van der Waals surface area contributed by atoms with E-state index in [2.05, 4.69) is 0 Å². The third-order valence-electron chi connectivity index (χ3n) is 8.45. The number of para-hydroxylation sites is 1. The molecule has 0 radical (unpaired) electrons. The summed E-state index contributed by atoms with van der Waals surface area (Å²) in [6.07, 6.45) is -0.109. The molecule has 2 N–H and O–H groups in total. The highest BCUT2D eigenvalue weighted by atomic mass is 35.5. The maximum atomic E-state index is 15.3. The number of primary sulfonamides is 1. The van der Waals surface area contributed by atoms with Crippen LogP contribution >= 0.6 is 23.2 Å². The Morgan fingerprint density at radius 3 is 2.20 bits per heavy atom. The van der Waals surface area contributed by atoms with Crippen molar-refractivity contribution in [3.8, 4) is 0 Å². The van der Waals surface area contributed by atoms with Crippen molar-refractivity contribution in [1.29, 1.82) is 0 Å². The lowest BCUT2D eigenvalue weighted by Gasteiger charge is -2.49. The molecule has 6 rings (SSSR count). The number of ether oxygens (including phenoxy) is 1. The van der Waals surface area contributed by atoms with E-state index < -0.39 is 67.1 Å². The zero-order valence-electron chi connectivity index (χ0n) is 24.0. The Morgan fingerprint density at radius 1 is 0.911 bits per heavy atom. The van der Waals surface area contributed by atoms with Crippen molar-refractivity contribution in [3.63, 3.8) is 0 Å². The van der Waals surface area contributed by atoms with Crippen LogP contribution in [0.15, 0.2) is 72.8 Å². The predicted octanol–water partition coefficient (Wildman–Crippen LogP) is 5.21. The van der Waals surface area contributed by atoms with Crippen molar-refractivity contribution in [2.75, 3.05) is 16.6 Å². The van der Waals surface area contributed by atoms with Crippen LogP contribution in [0.2, 0.25) is 10.0 Å². The second-order valence-corrected chi connectivity index (χ2v) is 16.5. The van der Waals surface area contributed by atoms with Gasteiger partial charge in [-0.05, 0) is 79.1 Å². The van der Waals surface area contributed by atoms with E-state index in [1.807, 2.05) is 0 Å². The molecule has 1 aliphatic heterocycles. The van der Waals surface area contributed by atoms with E-state index in [1.54, 1.807) is 59.5 Å². The largest absolute Gasteiger partial charge is 0.357 e. The number of rotatable bonds is 11. The SMILES string of the molecule is NS(=O)(=O)C[C@H]1O[C@@H](c2cccc(Cl)c2)[C@@H](c2ccc(Cl)cc2)N(C(CN(c2ccccc2F)S(=O)(=O)C2CC2)C2CC2)C1=O. The third kappa shape index (κ3) is 7.01. The molecular weight excluding hydrogens is 664 g/mol. The number of amides is 1. The summed E-state index contributed by atoms with van der Waals surface area (Å²) in [5, 5.41) is 5.62. The quantitative estimate of drug-likeness (QED) is 0.294. The first-order valence-corrected chi connectivity index (χ1v) is 18.6. The van der Waals surface area contributed by atoms with E-state index >= 15 is 4.39 Å². The lowest BCUT2D eigenvalue weighted by atomic mass is 9.89. The van der Waals surface area contributed by atoms with E-state index in [0.29, 0.717) is 46.9 Å². The summed E-state index contributed by atoms with van der Waals surface area (Å²) in [4.78, 5) is 16.0. The van der Waals surface area contributed by atoms with Gasteiger partial charge in [0.1, 0.15) is 11.9 Å². The van der Waals surface area contributed by atoms with Gasteiger partial charge in [0.15, 0.2) is 6.10 Å². The number of hydrogen-bond donors (Lipinski definition) is 1. The zero-order chi connectivity index (χ0) is 32.1. The fourth-order valence-corrected chi connectivity index (χ4v) is 8.89. The summed E-state index contributed by atoms with van der Waals surface area (Å²) in [6.45, 7) is -0.232. The second-order valence-electron chi connectivity index (χ2n) is 11.8. The summed E-state index contributed by atoms with van der Waals surface area (Å²) >= 11 is 12.6. The number of benzene rings is 3. The van der Waals surface area contributed by atoms with Crippen molar-refractivity contribution >= 4 is 54.8 Å². The Balaban J connectivity index is 1.52. The summed E-state index contributed by atoms with van der Waals surface area (Å²) in [7, 11) is -8.17. The maximum Gasteiger partial charge on any atom is 0.253 e. The first-order chi connectivity index (χ1) is 21.3. The molecule has 45 heavy (non-hydrogen) atoms. The van der Waals surface area contributed by atoms with Gasteiger partial charge in [0.2, 0.25) is 20.0 Å². The maximum absolute atomic E-state index is 15.3. The van der Waals surface area contributed by atoms with Gasteiger partial charge in [-0.2, -0.15) is 0 Å². The number of nitrogens with zero attached hydrogens (tertiary/aromatic N) is 2. The van der Waals surface area contributed by atoms with Gasteiger partial charge in [0.25, 0.3) is 5.91 Å². The molecule has 1 heterocycles. The summed E-state index contributed by atoms with van der Waals surface area (Å²) in [5.74, 6) is -2.29. The Labute approximate surface area is 272 Å². The summed E-state index contributed by atoms with van der Waals surface area (Å²) in [5.41, 5.74) is 1.09. The highest BCUT2D eigenvalue weighted by molar-refractivity contribution is 7.93. The normalized spacial score (nSPS) is 23.2. The van der Waals surface area contributed by atoms with Crippen LogP contribution in [0.4, 0.5) is 10.1 Å².